The Balaban J connectivity index is 1.19. The molecule has 0 N–H and O–H groups in total. The normalized spacial score (nSPS) is 12.7. The van der Waals surface area contributed by atoms with Crippen LogP contribution in [0.1, 0.15) is 25.0 Å². The second kappa shape index (κ2) is 12.5. The maximum absolute atomic E-state index is 5.43. The van der Waals surface area contributed by atoms with Gasteiger partial charge in [-0.1, -0.05) is 147 Å². The number of nitrogens with zero attached hydrogens (tertiary/aromatic N) is 2. The molecule has 1 aliphatic carbocycles. The fourth-order valence-electron chi connectivity index (χ4n) is 7.49. The third kappa shape index (κ3) is 5.65. The van der Waals surface area contributed by atoms with Crippen LogP contribution in [0.5, 0.6) is 0 Å². The minimum absolute atomic E-state index is 0.218. The van der Waals surface area contributed by atoms with E-state index >= 15 is 0 Å². The monoisotopic (exact) mass is 652 g/mol. The van der Waals surface area contributed by atoms with E-state index < -0.39 is 0 Å². The number of hydrogen-bond donors (Lipinski definition) is 0. The molecular weight excluding hydrogens is 617 g/mol. The molecule has 0 bridgehead atoms. The summed E-state index contributed by atoms with van der Waals surface area (Å²) in [5.41, 5.74) is 17.6. The van der Waals surface area contributed by atoms with E-state index in [1.165, 1.54) is 55.6 Å². The fourth-order valence-corrected chi connectivity index (χ4v) is 7.49. The smallest absolute Gasteiger partial charge is 0.0937 e. The lowest BCUT2D eigenvalue weighted by Gasteiger charge is -2.21. The first kappa shape index (κ1) is 30.7. The Morgan fingerprint density at radius 2 is 0.569 bits per heavy atom. The fraction of sp³-hybridized carbons (Fsp3) is 0.0612. The number of fused-ring (bicyclic) bond motifs is 3. The number of benzene rings is 6. The lowest BCUT2D eigenvalue weighted by Crippen LogP contribution is -2.15. The molecule has 9 rings (SSSR count). The maximum atomic E-state index is 5.43. The van der Waals surface area contributed by atoms with E-state index in [9.17, 15) is 0 Å². The van der Waals surface area contributed by atoms with Gasteiger partial charge in [0.05, 0.1) is 22.8 Å². The van der Waals surface area contributed by atoms with Crippen LogP contribution in [0.25, 0.3) is 78.4 Å². The molecule has 2 heteroatoms. The van der Waals surface area contributed by atoms with Gasteiger partial charge in [-0.25, -0.2) is 9.97 Å². The molecule has 1 aliphatic rings. The third-order valence-corrected chi connectivity index (χ3v) is 10.2. The highest BCUT2D eigenvalue weighted by Gasteiger charge is 2.38. The zero-order valence-electron chi connectivity index (χ0n) is 28.7. The summed E-state index contributed by atoms with van der Waals surface area (Å²) in [6, 6.07) is 64.9. The summed E-state index contributed by atoms with van der Waals surface area (Å²) in [4.78, 5) is 10.9. The summed E-state index contributed by atoms with van der Waals surface area (Å²) in [7, 11) is 0. The van der Waals surface area contributed by atoms with Gasteiger partial charge in [-0.2, -0.15) is 0 Å². The Morgan fingerprint density at radius 3 is 0.863 bits per heavy atom. The third-order valence-electron chi connectivity index (χ3n) is 10.2. The van der Waals surface area contributed by atoms with Crippen molar-refractivity contribution in [3.63, 3.8) is 0 Å². The predicted molar refractivity (Wildman–Crippen MR) is 212 cm³/mol. The number of rotatable bonds is 6. The summed E-state index contributed by atoms with van der Waals surface area (Å²) >= 11 is 0. The van der Waals surface area contributed by atoms with Crippen LogP contribution < -0.4 is 0 Å². The molecule has 2 heterocycles. The Morgan fingerprint density at radius 1 is 0.294 bits per heavy atom. The van der Waals surface area contributed by atoms with Crippen molar-refractivity contribution in [1.82, 2.24) is 9.97 Å². The summed E-state index contributed by atoms with van der Waals surface area (Å²) in [6.07, 6.45) is 0. The Kier molecular flexibility index (Phi) is 7.51. The number of aromatic nitrogens is 2. The van der Waals surface area contributed by atoms with E-state index in [4.69, 9.17) is 9.97 Å². The molecule has 6 aromatic carbocycles. The van der Waals surface area contributed by atoms with Crippen molar-refractivity contribution >= 4 is 0 Å². The molecule has 0 atom stereocenters. The second-order valence-electron chi connectivity index (χ2n) is 13.9. The quantitative estimate of drug-likeness (QED) is 0.179. The maximum Gasteiger partial charge on any atom is 0.0937 e. The summed E-state index contributed by atoms with van der Waals surface area (Å²) < 4.78 is 0. The summed E-state index contributed by atoms with van der Waals surface area (Å²) in [6.45, 7) is 4.57. The van der Waals surface area contributed by atoms with Crippen molar-refractivity contribution in [2.75, 3.05) is 0 Å². The van der Waals surface area contributed by atoms with Crippen molar-refractivity contribution in [2.45, 2.75) is 19.3 Å². The average Bonchev–Trinajstić information content (AvgIpc) is 3.43. The molecular formula is C49H36N2. The lowest BCUT2D eigenvalue weighted by atomic mass is 9.83. The van der Waals surface area contributed by atoms with Crippen LogP contribution in [0.4, 0.5) is 0 Å². The number of pyridine rings is 2. The first-order valence-electron chi connectivity index (χ1n) is 17.6. The highest BCUT2D eigenvalue weighted by atomic mass is 14.8. The van der Waals surface area contributed by atoms with Crippen molar-refractivity contribution in [2.24, 2.45) is 0 Å². The Hall–Kier alpha value is -6.38. The topological polar surface area (TPSA) is 25.8 Å². The van der Waals surface area contributed by atoms with Crippen LogP contribution in [-0.4, -0.2) is 9.97 Å². The molecule has 242 valence electrons. The van der Waals surface area contributed by atoms with Gasteiger partial charge in [-0.05, 0) is 104 Å². The van der Waals surface area contributed by atoms with Crippen LogP contribution in [-0.2, 0) is 5.41 Å². The van der Waals surface area contributed by atoms with Gasteiger partial charge >= 0.3 is 0 Å². The predicted octanol–water partition coefficient (Wildman–Crippen LogP) is 12.8. The SMILES string of the molecule is CC1(C)c2ccc(-c3cc(-c4ccccc4)cc(-c4ccccc4)c3)nc2-c2nc(-c3cc(-c4ccccc4)cc(-c4ccccc4)c3)ccc21. The van der Waals surface area contributed by atoms with Crippen molar-refractivity contribution in [1.29, 1.82) is 0 Å². The minimum atomic E-state index is -0.218. The van der Waals surface area contributed by atoms with Gasteiger partial charge < -0.3 is 0 Å². The van der Waals surface area contributed by atoms with Gasteiger partial charge in [-0.3, -0.25) is 0 Å². The Bertz CT molecular complexity index is 2230. The molecule has 51 heavy (non-hydrogen) atoms. The van der Waals surface area contributed by atoms with Gasteiger partial charge in [0.25, 0.3) is 0 Å². The van der Waals surface area contributed by atoms with E-state index in [0.717, 1.165) is 33.9 Å². The summed E-state index contributed by atoms with van der Waals surface area (Å²) in [5, 5.41) is 0. The van der Waals surface area contributed by atoms with Crippen molar-refractivity contribution in [3.8, 4) is 78.4 Å². The van der Waals surface area contributed by atoms with Crippen LogP contribution >= 0.6 is 0 Å². The second-order valence-corrected chi connectivity index (χ2v) is 13.9. The van der Waals surface area contributed by atoms with E-state index in [0.29, 0.717) is 0 Å². The van der Waals surface area contributed by atoms with Crippen LogP contribution in [0.3, 0.4) is 0 Å². The first-order valence-corrected chi connectivity index (χ1v) is 17.6. The zero-order valence-corrected chi connectivity index (χ0v) is 28.7. The van der Waals surface area contributed by atoms with Crippen molar-refractivity contribution in [3.05, 3.63) is 193 Å². The average molecular weight is 653 g/mol. The largest absolute Gasteiger partial charge is 0.246 e. The minimum Gasteiger partial charge on any atom is -0.246 e. The molecule has 0 spiro atoms. The highest BCUT2D eigenvalue weighted by Crippen LogP contribution is 2.48. The van der Waals surface area contributed by atoms with Crippen LogP contribution in [0, 0.1) is 0 Å². The van der Waals surface area contributed by atoms with Gasteiger partial charge in [0.1, 0.15) is 0 Å². The standard InChI is InChI=1S/C49H36N2/c1-49(2)43-23-25-45(41-29-37(33-15-7-3-8-16-33)27-38(30-41)34-17-9-4-10-18-34)50-47(43)48-44(49)24-26-46(51-48)42-31-39(35-19-11-5-12-20-35)28-40(32-42)36-21-13-6-14-22-36/h3-32H,1-2H3. The molecule has 2 aromatic heterocycles. The number of hydrogen-bond acceptors (Lipinski definition) is 2. The van der Waals surface area contributed by atoms with Gasteiger partial charge in [-0.15, -0.1) is 0 Å². The lowest BCUT2D eigenvalue weighted by molar-refractivity contribution is 0.658. The van der Waals surface area contributed by atoms with E-state index in [1.54, 1.807) is 0 Å². The van der Waals surface area contributed by atoms with Gasteiger partial charge in [0.2, 0.25) is 0 Å². The van der Waals surface area contributed by atoms with Gasteiger partial charge in [0, 0.05) is 16.5 Å². The van der Waals surface area contributed by atoms with Crippen molar-refractivity contribution < 1.29 is 0 Å². The van der Waals surface area contributed by atoms with Gasteiger partial charge in [0.15, 0.2) is 0 Å². The molecule has 0 unspecified atom stereocenters. The van der Waals surface area contributed by atoms with Crippen LogP contribution in [0.15, 0.2) is 182 Å². The first-order chi connectivity index (χ1) is 25.0. The highest BCUT2D eigenvalue weighted by molar-refractivity contribution is 5.85. The van der Waals surface area contributed by atoms with E-state index in [2.05, 4.69) is 196 Å². The summed E-state index contributed by atoms with van der Waals surface area (Å²) in [5.74, 6) is 0. The molecule has 8 aromatic rings. The van der Waals surface area contributed by atoms with E-state index in [1.807, 2.05) is 0 Å². The molecule has 0 radical (unpaired) electrons. The van der Waals surface area contributed by atoms with E-state index in [-0.39, 0.29) is 5.41 Å². The Labute approximate surface area is 299 Å². The molecule has 2 nitrogen and oxygen atoms in total. The molecule has 0 saturated carbocycles. The molecule has 0 aliphatic heterocycles. The zero-order chi connectivity index (χ0) is 34.4. The molecule has 0 saturated heterocycles. The molecule has 0 amide bonds. The van der Waals surface area contributed by atoms with Crippen LogP contribution in [0.2, 0.25) is 0 Å². The molecule has 0 fully saturated rings.